The number of ether oxygens (including phenoxy) is 1. The maximum absolute atomic E-state index is 11.3. The second kappa shape index (κ2) is 7.36. The fourth-order valence-corrected chi connectivity index (χ4v) is 2.60. The van der Waals surface area contributed by atoms with Crippen LogP contribution in [0.1, 0.15) is 33.1 Å². The van der Waals surface area contributed by atoms with Crippen LogP contribution in [0.3, 0.4) is 0 Å². The Balaban J connectivity index is 2.36. The normalized spacial score (nSPS) is 24.6. The average molecular weight is 256 g/mol. The first-order chi connectivity index (χ1) is 8.51. The van der Waals surface area contributed by atoms with Crippen molar-refractivity contribution in [2.24, 2.45) is 5.92 Å². The first kappa shape index (κ1) is 15.0. The Kier molecular flexibility index (Phi) is 6.12. The van der Waals surface area contributed by atoms with E-state index in [1.54, 1.807) is 6.92 Å². The summed E-state index contributed by atoms with van der Waals surface area (Å²) in [6.45, 7) is 5.67. The number of piperidine rings is 1. The second-order valence-electron chi connectivity index (χ2n) is 5.06. The van der Waals surface area contributed by atoms with Gasteiger partial charge in [-0.3, -0.25) is 9.59 Å². The Hall–Kier alpha value is -1.10. The van der Waals surface area contributed by atoms with Crippen LogP contribution in [0.2, 0.25) is 0 Å². The van der Waals surface area contributed by atoms with Gasteiger partial charge in [0.05, 0.1) is 6.61 Å². The van der Waals surface area contributed by atoms with Crippen LogP contribution in [0.25, 0.3) is 0 Å². The van der Waals surface area contributed by atoms with Crippen LogP contribution in [0.4, 0.5) is 0 Å². The lowest BCUT2D eigenvalue weighted by molar-refractivity contribution is -0.143. The van der Waals surface area contributed by atoms with Crippen molar-refractivity contribution in [2.45, 2.75) is 39.2 Å². The number of hydrogen-bond donors (Lipinski definition) is 1. The van der Waals surface area contributed by atoms with E-state index in [-0.39, 0.29) is 17.9 Å². The minimum atomic E-state index is -0.123. The van der Waals surface area contributed by atoms with Gasteiger partial charge in [-0.15, -0.1) is 0 Å². The maximum Gasteiger partial charge on any atom is 0.305 e. The summed E-state index contributed by atoms with van der Waals surface area (Å²) in [6.07, 6.45) is 2.25. The van der Waals surface area contributed by atoms with Crippen molar-refractivity contribution in [2.75, 3.05) is 26.7 Å². The predicted octanol–water partition coefficient (Wildman–Crippen LogP) is 0.786. The lowest BCUT2D eigenvalue weighted by Crippen LogP contribution is -2.49. The summed E-state index contributed by atoms with van der Waals surface area (Å²) in [4.78, 5) is 24.6. The van der Waals surface area contributed by atoms with Gasteiger partial charge in [0.25, 0.3) is 0 Å². The van der Waals surface area contributed by atoms with Gasteiger partial charge in [-0.1, -0.05) is 0 Å². The van der Waals surface area contributed by atoms with Crippen LogP contribution < -0.4 is 5.32 Å². The lowest BCUT2D eigenvalue weighted by Gasteiger charge is -2.35. The third kappa shape index (κ3) is 5.49. The van der Waals surface area contributed by atoms with Crippen molar-refractivity contribution in [1.29, 1.82) is 0 Å². The molecule has 0 aromatic heterocycles. The van der Waals surface area contributed by atoms with E-state index in [2.05, 4.69) is 10.2 Å². The molecule has 0 aliphatic carbocycles. The second-order valence-corrected chi connectivity index (χ2v) is 5.06. The molecular weight excluding hydrogens is 232 g/mol. The molecule has 0 saturated carbocycles. The summed E-state index contributed by atoms with van der Waals surface area (Å²) in [7, 11) is 2.05. The van der Waals surface area contributed by atoms with Crippen molar-refractivity contribution >= 4 is 11.9 Å². The summed E-state index contributed by atoms with van der Waals surface area (Å²) < 4.78 is 4.93. The fraction of sp³-hybridized carbons (Fsp3) is 0.846. The number of likely N-dealkylation sites (N-methyl/N-ethyl adjacent to an activating group) is 1. The first-order valence-electron chi connectivity index (χ1n) is 6.62. The molecule has 0 spiro atoms. The molecule has 1 heterocycles. The number of hydrogen-bond acceptors (Lipinski definition) is 4. The zero-order chi connectivity index (χ0) is 13.5. The Labute approximate surface area is 109 Å². The molecule has 18 heavy (non-hydrogen) atoms. The molecule has 2 atom stereocenters. The van der Waals surface area contributed by atoms with Crippen LogP contribution in [0.5, 0.6) is 0 Å². The fourth-order valence-electron chi connectivity index (χ4n) is 2.60. The standard InChI is InChI=1S/C13H24N2O3/c1-4-18-13(17)6-5-11-7-12(14-10(2)16)9-15(3)8-11/h11-12H,4-9H2,1-3H3,(H,14,16). The average Bonchev–Trinajstić information content (AvgIpc) is 2.25. The van der Waals surface area contributed by atoms with Gasteiger partial charge in [-0.05, 0) is 32.7 Å². The largest absolute Gasteiger partial charge is 0.466 e. The SMILES string of the molecule is CCOC(=O)CCC1CC(NC(C)=O)CN(C)C1. The van der Waals surface area contributed by atoms with Gasteiger partial charge in [0, 0.05) is 32.5 Å². The quantitative estimate of drug-likeness (QED) is 0.739. The van der Waals surface area contributed by atoms with Crippen molar-refractivity contribution in [3.8, 4) is 0 Å². The zero-order valence-corrected chi connectivity index (χ0v) is 11.6. The predicted molar refractivity (Wildman–Crippen MR) is 69.1 cm³/mol. The van der Waals surface area contributed by atoms with E-state index in [1.807, 2.05) is 14.0 Å². The van der Waals surface area contributed by atoms with E-state index in [1.165, 1.54) is 0 Å². The molecule has 0 aromatic rings. The van der Waals surface area contributed by atoms with Crippen molar-refractivity contribution < 1.29 is 14.3 Å². The van der Waals surface area contributed by atoms with E-state index in [9.17, 15) is 9.59 Å². The van der Waals surface area contributed by atoms with E-state index in [0.717, 1.165) is 25.9 Å². The van der Waals surface area contributed by atoms with Gasteiger partial charge in [-0.2, -0.15) is 0 Å². The van der Waals surface area contributed by atoms with Gasteiger partial charge in [0.15, 0.2) is 0 Å². The Bertz CT molecular complexity index is 294. The highest BCUT2D eigenvalue weighted by Gasteiger charge is 2.26. The summed E-state index contributed by atoms with van der Waals surface area (Å²) in [5, 5.41) is 2.96. The molecule has 0 radical (unpaired) electrons. The molecule has 1 rings (SSSR count). The number of carbonyl (C=O) groups is 2. The van der Waals surface area contributed by atoms with Crippen LogP contribution in [-0.4, -0.2) is 49.6 Å². The van der Waals surface area contributed by atoms with Crippen LogP contribution in [0, 0.1) is 5.92 Å². The van der Waals surface area contributed by atoms with Crippen molar-refractivity contribution in [1.82, 2.24) is 10.2 Å². The van der Waals surface area contributed by atoms with Gasteiger partial charge < -0.3 is 15.0 Å². The minimum Gasteiger partial charge on any atom is -0.466 e. The third-order valence-corrected chi connectivity index (χ3v) is 3.19. The Morgan fingerprint density at radius 3 is 2.72 bits per heavy atom. The van der Waals surface area contributed by atoms with E-state index >= 15 is 0 Å². The molecular formula is C13H24N2O3. The smallest absolute Gasteiger partial charge is 0.305 e. The number of esters is 1. The monoisotopic (exact) mass is 256 g/mol. The highest BCUT2D eigenvalue weighted by molar-refractivity contribution is 5.73. The molecule has 1 aliphatic rings. The Morgan fingerprint density at radius 1 is 1.39 bits per heavy atom. The molecule has 104 valence electrons. The third-order valence-electron chi connectivity index (χ3n) is 3.19. The summed E-state index contributed by atoms with van der Waals surface area (Å²) >= 11 is 0. The zero-order valence-electron chi connectivity index (χ0n) is 11.6. The molecule has 1 saturated heterocycles. The van der Waals surface area contributed by atoms with Gasteiger partial charge in [-0.25, -0.2) is 0 Å². The molecule has 1 amide bonds. The van der Waals surface area contributed by atoms with Gasteiger partial charge in [0.2, 0.25) is 5.91 Å². The maximum atomic E-state index is 11.3. The number of nitrogens with one attached hydrogen (secondary N) is 1. The number of nitrogens with zero attached hydrogens (tertiary/aromatic N) is 1. The lowest BCUT2D eigenvalue weighted by atomic mass is 9.90. The van der Waals surface area contributed by atoms with E-state index in [4.69, 9.17) is 4.74 Å². The molecule has 2 unspecified atom stereocenters. The summed E-state index contributed by atoms with van der Waals surface area (Å²) in [5.74, 6) is 0.339. The van der Waals surface area contributed by atoms with Crippen molar-refractivity contribution in [3.63, 3.8) is 0 Å². The molecule has 0 aromatic carbocycles. The van der Waals surface area contributed by atoms with Crippen LogP contribution in [0.15, 0.2) is 0 Å². The highest BCUT2D eigenvalue weighted by Crippen LogP contribution is 2.20. The number of likely N-dealkylation sites (tertiary alicyclic amines) is 1. The summed E-state index contributed by atoms with van der Waals surface area (Å²) in [5.41, 5.74) is 0. The van der Waals surface area contributed by atoms with Crippen molar-refractivity contribution in [3.05, 3.63) is 0 Å². The van der Waals surface area contributed by atoms with Gasteiger partial charge in [0.1, 0.15) is 0 Å². The van der Waals surface area contributed by atoms with E-state index in [0.29, 0.717) is 18.9 Å². The van der Waals surface area contributed by atoms with Gasteiger partial charge >= 0.3 is 5.97 Å². The van der Waals surface area contributed by atoms with E-state index < -0.39 is 0 Å². The highest BCUT2D eigenvalue weighted by atomic mass is 16.5. The minimum absolute atomic E-state index is 0.0134. The topological polar surface area (TPSA) is 58.6 Å². The van der Waals surface area contributed by atoms with Crippen LogP contribution in [-0.2, 0) is 14.3 Å². The molecule has 5 heteroatoms. The molecule has 1 aliphatic heterocycles. The summed E-state index contributed by atoms with van der Waals surface area (Å²) in [6, 6.07) is 0.202. The molecule has 1 fully saturated rings. The first-order valence-corrected chi connectivity index (χ1v) is 6.62. The number of carbonyl (C=O) groups excluding carboxylic acids is 2. The molecule has 0 bridgehead atoms. The molecule has 1 N–H and O–H groups in total. The molecule has 5 nitrogen and oxygen atoms in total. The number of rotatable bonds is 5. The van der Waals surface area contributed by atoms with Crippen LogP contribution >= 0.6 is 0 Å². The Morgan fingerprint density at radius 2 is 2.11 bits per heavy atom. The number of amides is 1.